The van der Waals surface area contributed by atoms with Crippen LogP contribution in [0.15, 0.2) is 53.8 Å². The lowest BCUT2D eigenvalue weighted by Crippen LogP contribution is -2.38. The monoisotopic (exact) mass is 315 g/mol. The number of aromatic nitrogens is 1. The smallest absolute Gasteiger partial charge is 0.335 e. The van der Waals surface area contributed by atoms with Gasteiger partial charge in [-0.3, -0.25) is 4.79 Å². The molecule has 0 amide bonds. The third kappa shape index (κ3) is 2.23. The molecule has 0 bridgehead atoms. The Morgan fingerprint density at radius 1 is 1.26 bits per heavy atom. The van der Waals surface area contributed by atoms with Crippen LogP contribution in [0.25, 0.3) is 10.9 Å². The molecule has 3 rings (SSSR count). The number of rotatable bonds is 3. The van der Waals surface area contributed by atoms with Crippen LogP contribution in [0.3, 0.4) is 0 Å². The second-order valence-electron chi connectivity index (χ2n) is 5.55. The molecule has 2 unspecified atom stereocenters. The van der Waals surface area contributed by atoms with Gasteiger partial charge in [0.1, 0.15) is 5.92 Å². The molecule has 1 aromatic heterocycles. The second kappa shape index (κ2) is 5.08. The molecular weight excluding hydrogens is 301 g/mol. The number of aliphatic carboxylic acids is 2. The number of carbonyl (C=O) groups is 2. The largest absolute Gasteiger partial charge is 0.481 e. The molecule has 6 heteroatoms. The van der Waals surface area contributed by atoms with Crippen molar-refractivity contribution in [2.24, 2.45) is 5.92 Å². The molecule has 0 radical (unpaired) electrons. The number of allylic oxidation sites excluding steroid dienone is 1. The first kappa shape index (κ1) is 15.0. The Balaban J connectivity index is 2.18. The van der Waals surface area contributed by atoms with Gasteiger partial charge in [-0.25, -0.2) is 9.18 Å². The highest BCUT2D eigenvalue weighted by molar-refractivity contribution is 5.94. The number of carboxylic acid groups (broad SMARTS) is 2. The Kier molecular flexibility index (Phi) is 3.32. The number of alkyl halides is 1. The maximum absolute atomic E-state index is 15.6. The Morgan fingerprint density at radius 3 is 2.65 bits per heavy atom. The zero-order valence-electron chi connectivity index (χ0n) is 12.2. The van der Waals surface area contributed by atoms with Gasteiger partial charge in [-0.15, -0.1) is 0 Å². The summed E-state index contributed by atoms with van der Waals surface area (Å²) < 4.78 is 15.6. The molecular formula is C17H14FNO4. The van der Waals surface area contributed by atoms with E-state index in [-0.39, 0.29) is 16.7 Å². The topological polar surface area (TPSA) is 90.4 Å². The summed E-state index contributed by atoms with van der Waals surface area (Å²) in [6.45, 7) is 1.34. The van der Waals surface area contributed by atoms with E-state index in [1.165, 1.54) is 13.0 Å². The number of benzene rings is 1. The van der Waals surface area contributed by atoms with Crippen LogP contribution in [0, 0.1) is 5.92 Å². The lowest BCUT2D eigenvalue weighted by molar-refractivity contribution is -0.144. The van der Waals surface area contributed by atoms with Crippen molar-refractivity contribution in [2.45, 2.75) is 12.6 Å². The molecule has 0 aliphatic heterocycles. The molecule has 0 spiro atoms. The number of fused-ring (bicyclic) bond motifs is 1. The van der Waals surface area contributed by atoms with E-state index in [0.29, 0.717) is 0 Å². The summed E-state index contributed by atoms with van der Waals surface area (Å²) >= 11 is 0. The molecule has 2 atom stereocenters. The summed E-state index contributed by atoms with van der Waals surface area (Å²) in [5.41, 5.74) is -1.52. The molecule has 1 aliphatic rings. The van der Waals surface area contributed by atoms with Crippen LogP contribution in [0.2, 0.25) is 0 Å². The maximum Gasteiger partial charge on any atom is 0.335 e. The van der Waals surface area contributed by atoms with Gasteiger partial charge < -0.3 is 15.2 Å². The van der Waals surface area contributed by atoms with E-state index >= 15 is 4.39 Å². The fourth-order valence-electron chi connectivity index (χ4n) is 3.06. The lowest BCUT2D eigenvalue weighted by Gasteiger charge is -2.33. The van der Waals surface area contributed by atoms with E-state index in [0.717, 1.165) is 23.1 Å². The SMILES string of the molecule is CC1=C(C(=O)O)C=CC(F)(c2ccc3[nH]ccc3c2)C1C(=O)O. The molecule has 0 saturated heterocycles. The minimum atomic E-state index is -2.31. The molecule has 1 aliphatic carbocycles. The normalized spacial score (nSPS) is 24.2. The summed E-state index contributed by atoms with van der Waals surface area (Å²) in [5, 5.41) is 19.4. The molecule has 118 valence electrons. The van der Waals surface area contributed by atoms with Crippen LogP contribution >= 0.6 is 0 Å². The first-order chi connectivity index (χ1) is 10.8. The van der Waals surface area contributed by atoms with E-state index in [1.807, 2.05) is 0 Å². The van der Waals surface area contributed by atoms with Gasteiger partial charge in [0, 0.05) is 11.7 Å². The number of nitrogens with one attached hydrogen (secondary N) is 1. The van der Waals surface area contributed by atoms with Crippen molar-refractivity contribution >= 4 is 22.8 Å². The average molecular weight is 315 g/mol. The molecule has 1 heterocycles. The molecule has 23 heavy (non-hydrogen) atoms. The van der Waals surface area contributed by atoms with Crippen molar-refractivity contribution in [3.63, 3.8) is 0 Å². The first-order valence-electron chi connectivity index (χ1n) is 6.97. The number of carboxylic acids is 2. The number of hydrogen-bond acceptors (Lipinski definition) is 2. The van der Waals surface area contributed by atoms with Gasteiger partial charge in [0.05, 0.1) is 5.57 Å². The van der Waals surface area contributed by atoms with E-state index in [9.17, 15) is 14.7 Å². The third-order valence-corrected chi connectivity index (χ3v) is 4.24. The van der Waals surface area contributed by atoms with Gasteiger partial charge in [0.2, 0.25) is 0 Å². The first-order valence-corrected chi connectivity index (χ1v) is 6.97. The molecule has 0 saturated carbocycles. The Bertz CT molecular complexity index is 880. The van der Waals surface area contributed by atoms with Crippen LogP contribution in [0.1, 0.15) is 12.5 Å². The van der Waals surface area contributed by atoms with Gasteiger partial charge in [-0.1, -0.05) is 6.07 Å². The van der Waals surface area contributed by atoms with E-state index in [2.05, 4.69) is 4.98 Å². The van der Waals surface area contributed by atoms with Gasteiger partial charge >= 0.3 is 11.9 Å². The van der Waals surface area contributed by atoms with Crippen LogP contribution in [0.4, 0.5) is 4.39 Å². The van der Waals surface area contributed by atoms with Crippen molar-refractivity contribution in [3.05, 3.63) is 59.3 Å². The lowest BCUT2D eigenvalue weighted by atomic mass is 9.73. The highest BCUT2D eigenvalue weighted by Gasteiger charge is 2.47. The van der Waals surface area contributed by atoms with Crippen molar-refractivity contribution in [3.8, 4) is 0 Å². The Hall–Kier alpha value is -2.89. The van der Waals surface area contributed by atoms with Crippen LogP contribution in [-0.2, 0) is 15.3 Å². The zero-order valence-corrected chi connectivity index (χ0v) is 12.2. The van der Waals surface area contributed by atoms with Crippen molar-refractivity contribution in [1.82, 2.24) is 4.98 Å². The molecule has 2 aromatic rings. The minimum Gasteiger partial charge on any atom is -0.481 e. The van der Waals surface area contributed by atoms with E-state index < -0.39 is 23.5 Å². The second-order valence-corrected chi connectivity index (χ2v) is 5.55. The standard InChI is InChI=1S/C17H14FNO4/c1-9-12(15(20)21)4-6-17(18,14(9)16(22)23)11-2-3-13-10(8-11)5-7-19-13/h2-8,14,19H,1H3,(H,20,21)(H,22,23). The fraction of sp³-hybridized carbons (Fsp3) is 0.176. The van der Waals surface area contributed by atoms with Crippen LogP contribution < -0.4 is 0 Å². The van der Waals surface area contributed by atoms with Gasteiger partial charge in [0.15, 0.2) is 5.67 Å². The molecule has 5 nitrogen and oxygen atoms in total. The van der Waals surface area contributed by atoms with Crippen LogP contribution in [0.5, 0.6) is 0 Å². The van der Waals surface area contributed by atoms with Crippen molar-refractivity contribution in [2.75, 3.05) is 0 Å². The number of H-pyrrole nitrogens is 1. The minimum absolute atomic E-state index is 0.0100. The van der Waals surface area contributed by atoms with E-state index in [1.54, 1.807) is 24.4 Å². The number of hydrogen-bond donors (Lipinski definition) is 3. The zero-order chi connectivity index (χ0) is 16.8. The third-order valence-electron chi connectivity index (χ3n) is 4.24. The average Bonchev–Trinajstić information content (AvgIpc) is 2.93. The van der Waals surface area contributed by atoms with Gasteiger partial charge in [0.25, 0.3) is 0 Å². The van der Waals surface area contributed by atoms with Gasteiger partial charge in [-0.2, -0.15) is 0 Å². The molecule has 0 fully saturated rings. The van der Waals surface area contributed by atoms with Crippen LogP contribution in [-0.4, -0.2) is 27.1 Å². The summed E-state index contributed by atoms with van der Waals surface area (Å²) in [6.07, 6.45) is 3.87. The number of halogens is 1. The highest BCUT2D eigenvalue weighted by atomic mass is 19.1. The molecule has 1 aromatic carbocycles. The Labute approximate surface area is 130 Å². The summed E-state index contributed by atoms with van der Waals surface area (Å²) in [4.78, 5) is 25.8. The maximum atomic E-state index is 15.6. The van der Waals surface area contributed by atoms with E-state index in [4.69, 9.17) is 5.11 Å². The fourth-order valence-corrected chi connectivity index (χ4v) is 3.06. The Morgan fingerprint density at radius 2 is 2.00 bits per heavy atom. The predicted molar refractivity (Wildman–Crippen MR) is 81.7 cm³/mol. The summed E-state index contributed by atoms with van der Waals surface area (Å²) in [7, 11) is 0. The quantitative estimate of drug-likeness (QED) is 0.812. The predicted octanol–water partition coefficient (Wildman–Crippen LogP) is 3.00. The van der Waals surface area contributed by atoms with Crippen molar-refractivity contribution < 1.29 is 24.2 Å². The number of aromatic amines is 1. The highest BCUT2D eigenvalue weighted by Crippen LogP contribution is 2.44. The van der Waals surface area contributed by atoms with Gasteiger partial charge in [-0.05, 0) is 53.8 Å². The van der Waals surface area contributed by atoms with Crippen molar-refractivity contribution in [1.29, 1.82) is 0 Å². The summed E-state index contributed by atoms with van der Waals surface area (Å²) in [5.74, 6) is -4.26. The molecule has 3 N–H and O–H groups in total. The summed E-state index contributed by atoms with van der Waals surface area (Å²) in [6, 6.07) is 6.52.